The zero-order valence-corrected chi connectivity index (χ0v) is 19.4. The highest BCUT2D eigenvalue weighted by Gasteiger charge is 2.42. The van der Waals surface area contributed by atoms with Crippen molar-refractivity contribution < 1.29 is 27.4 Å². The highest BCUT2D eigenvalue weighted by Crippen LogP contribution is 2.43. The molecule has 0 aromatic carbocycles. The number of fused-ring (bicyclic) bond motifs is 1. The van der Waals surface area contributed by atoms with Crippen LogP contribution in [0.3, 0.4) is 0 Å². The molecular weight excluding hydrogens is 437 g/mol. The molecule has 2 aromatic rings. The van der Waals surface area contributed by atoms with Gasteiger partial charge in [-0.05, 0) is 44.6 Å². The third-order valence-corrected chi connectivity index (χ3v) is 6.95. The molecule has 0 radical (unpaired) electrons. The maximum absolute atomic E-state index is 13.1. The summed E-state index contributed by atoms with van der Waals surface area (Å²) in [6.07, 6.45) is -3.80. The predicted octanol–water partition coefficient (Wildman–Crippen LogP) is 5.04. The average molecular weight is 469 g/mol. The Balaban J connectivity index is 1.60. The number of carbonyl (C=O) groups excluding carboxylic acids is 1. The predicted molar refractivity (Wildman–Crippen MR) is 115 cm³/mol. The number of aryl methyl sites for hydroxylation is 1. The Kier molecular flexibility index (Phi) is 6.57. The Morgan fingerprint density at radius 3 is 2.52 bits per heavy atom. The number of methoxy groups -OCH3 is 1. The number of aromatic nitrogens is 3. The van der Waals surface area contributed by atoms with E-state index in [0.717, 1.165) is 17.1 Å². The molecule has 0 spiro atoms. The molecule has 0 N–H and O–H groups in total. The minimum absolute atomic E-state index is 0.0254. The van der Waals surface area contributed by atoms with Gasteiger partial charge in [0.15, 0.2) is 5.65 Å². The average Bonchev–Trinajstić information content (AvgIpc) is 3.21. The summed E-state index contributed by atoms with van der Waals surface area (Å²) in [5.41, 5.74) is 2.94. The normalized spacial score (nSPS) is 26.7. The number of nitrogens with zero attached hydrogens (tertiary/aromatic N) is 4. The molecule has 2 atom stereocenters. The lowest BCUT2D eigenvalue weighted by Gasteiger charge is -2.40. The number of ether oxygens (including phenoxy) is 2. The van der Waals surface area contributed by atoms with Crippen LogP contribution >= 0.6 is 0 Å². The van der Waals surface area contributed by atoms with Gasteiger partial charge >= 0.3 is 12.3 Å². The minimum Gasteiger partial charge on any atom is -0.453 e. The van der Waals surface area contributed by atoms with Crippen molar-refractivity contribution in [2.45, 2.75) is 70.7 Å². The first-order chi connectivity index (χ1) is 15.6. The highest BCUT2D eigenvalue weighted by molar-refractivity contribution is 5.68. The van der Waals surface area contributed by atoms with Crippen LogP contribution in [0.1, 0.15) is 68.6 Å². The van der Waals surface area contributed by atoms with Crippen LogP contribution in [-0.4, -0.2) is 58.1 Å². The van der Waals surface area contributed by atoms with Crippen LogP contribution in [-0.2, 0) is 9.47 Å². The zero-order chi connectivity index (χ0) is 23.9. The van der Waals surface area contributed by atoms with Crippen LogP contribution in [0.15, 0.2) is 12.1 Å². The Labute approximate surface area is 191 Å². The fraction of sp³-hybridized carbons (Fsp3) is 0.696. The third-order valence-electron chi connectivity index (χ3n) is 6.95. The van der Waals surface area contributed by atoms with E-state index in [4.69, 9.17) is 14.6 Å². The van der Waals surface area contributed by atoms with Crippen LogP contribution in [0.25, 0.3) is 5.65 Å². The van der Waals surface area contributed by atoms with Gasteiger partial charge in [-0.1, -0.05) is 13.8 Å². The molecule has 33 heavy (non-hydrogen) atoms. The first kappa shape index (κ1) is 23.8. The molecule has 182 valence electrons. The van der Waals surface area contributed by atoms with Gasteiger partial charge in [-0.25, -0.2) is 14.3 Å². The zero-order valence-electron chi connectivity index (χ0n) is 19.4. The van der Waals surface area contributed by atoms with Crippen molar-refractivity contribution in [3.05, 3.63) is 29.2 Å². The van der Waals surface area contributed by atoms with Crippen LogP contribution < -0.4 is 0 Å². The fourth-order valence-corrected chi connectivity index (χ4v) is 5.02. The van der Waals surface area contributed by atoms with E-state index in [1.54, 1.807) is 9.42 Å². The Morgan fingerprint density at radius 2 is 1.91 bits per heavy atom. The Bertz CT molecular complexity index is 999. The van der Waals surface area contributed by atoms with Gasteiger partial charge in [0, 0.05) is 17.7 Å². The first-order valence-electron chi connectivity index (χ1n) is 11.5. The fourth-order valence-electron chi connectivity index (χ4n) is 5.02. The standard InChI is InChI=1S/C23H31F3N4O3/c1-13(2)19-12-33-20(11-29(19)22(31)32-4)18-9-14(3)27-21-10-17(28-30(18)21)15-5-7-16(8-6-15)23(24,25)26/h9-10,13,15-16,19-20H,5-8,11-12H2,1-4H3/t15?,16?,19-,20-/m1/s1. The van der Waals surface area contributed by atoms with Gasteiger partial charge < -0.3 is 9.47 Å². The van der Waals surface area contributed by atoms with E-state index < -0.39 is 24.3 Å². The Morgan fingerprint density at radius 1 is 1.21 bits per heavy atom. The van der Waals surface area contributed by atoms with E-state index in [-0.39, 0.29) is 30.7 Å². The monoisotopic (exact) mass is 468 g/mol. The number of rotatable bonds is 3. The highest BCUT2D eigenvalue weighted by atomic mass is 19.4. The summed E-state index contributed by atoms with van der Waals surface area (Å²) in [5, 5.41) is 4.74. The molecule has 1 saturated heterocycles. The second-order valence-corrected chi connectivity index (χ2v) is 9.51. The lowest BCUT2D eigenvalue weighted by Crippen LogP contribution is -2.52. The third kappa shape index (κ3) is 4.81. The van der Waals surface area contributed by atoms with Crippen molar-refractivity contribution in [2.75, 3.05) is 20.3 Å². The SMILES string of the molecule is COC(=O)N1C[C@H](c2cc(C)nc3cc(C4CCC(C(F)(F)F)CC4)nn23)OC[C@@H]1C(C)C. The van der Waals surface area contributed by atoms with Crippen LogP contribution in [0.5, 0.6) is 0 Å². The van der Waals surface area contributed by atoms with Gasteiger partial charge in [0.2, 0.25) is 0 Å². The second-order valence-electron chi connectivity index (χ2n) is 9.51. The molecule has 1 aliphatic heterocycles. The van der Waals surface area contributed by atoms with E-state index in [2.05, 4.69) is 4.98 Å². The molecule has 2 aromatic heterocycles. The summed E-state index contributed by atoms with van der Waals surface area (Å²) in [6, 6.07) is 3.66. The van der Waals surface area contributed by atoms with Crippen LogP contribution in [0.2, 0.25) is 0 Å². The molecular formula is C23H31F3N4O3. The summed E-state index contributed by atoms with van der Waals surface area (Å²) in [6.45, 7) is 6.64. The molecule has 4 rings (SSSR count). The largest absolute Gasteiger partial charge is 0.453 e. The van der Waals surface area contributed by atoms with Crippen molar-refractivity contribution in [1.82, 2.24) is 19.5 Å². The van der Waals surface area contributed by atoms with Crippen molar-refractivity contribution in [2.24, 2.45) is 11.8 Å². The first-order valence-corrected chi connectivity index (χ1v) is 11.5. The number of carbonyl (C=O) groups is 1. The lowest BCUT2D eigenvalue weighted by atomic mass is 9.80. The molecule has 1 saturated carbocycles. The maximum atomic E-state index is 13.1. The summed E-state index contributed by atoms with van der Waals surface area (Å²) < 4.78 is 52.0. The molecule has 2 aliphatic rings. The molecule has 2 fully saturated rings. The Hall–Kier alpha value is -2.36. The molecule has 7 nitrogen and oxygen atoms in total. The van der Waals surface area contributed by atoms with Gasteiger partial charge in [0.05, 0.1) is 43.6 Å². The second kappa shape index (κ2) is 9.12. The molecule has 0 unspecified atom stereocenters. The van der Waals surface area contributed by atoms with Gasteiger partial charge in [-0.3, -0.25) is 4.90 Å². The molecule has 0 bridgehead atoms. The van der Waals surface area contributed by atoms with Crippen molar-refractivity contribution in [1.29, 1.82) is 0 Å². The lowest BCUT2D eigenvalue weighted by molar-refractivity contribution is -0.182. The maximum Gasteiger partial charge on any atom is 0.409 e. The van der Waals surface area contributed by atoms with Gasteiger partial charge in [-0.15, -0.1) is 0 Å². The van der Waals surface area contributed by atoms with Crippen molar-refractivity contribution in [3.8, 4) is 0 Å². The van der Waals surface area contributed by atoms with Crippen molar-refractivity contribution in [3.63, 3.8) is 0 Å². The van der Waals surface area contributed by atoms with E-state index in [1.165, 1.54) is 7.11 Å². The number of halogens is 3. The number of hydrogen-bond donors (Lipinski definition) is 0. The van der Waals surface area contributed by atoms with E-state index in [1.807, 2.05) is 32.9 Å². The number of alkyl halides is 3. The topological polar surface area (TPSA) is 69.0 Å². The number of amides is 1. The van der Waals surface area contributed by atoms with E-state index in [0.29, 0.717) is 31.6 Å². The summed E-state index contributed by atoms with van der Waals surface area (Å²) in [7, 11) is 1.37. The van der Waals surface area contributed by atoms with E-state index >= 15 is 0 Å². The summed E-state index contributed by atoms with van der Waals surface area (Å²) in [5.74, 6) is -1.05. The van der Waals surface area contributed by atoms with Gasteiger partial charge in [0.1, 0.15) is 6.10 Å². The number of hydrogen-bond acceptors (Lipinski definition) is 5. The molecule has 1 amide bonds. The summed E-state index contributed by atoms with van der Waals surface area (Å²) in [4.78, 5) is 18.7. The molecule has 10 heteroatoms. The van der Waals surface area contributed by atoms with Gasteiger partial charge in [0.25, 0.3) is 0 Å². The van der Waals surface area contributed by atoms with Crippen molar-refractivity contribution >= 4 is 11.7 Å². The van der Waals surface area contributed by atoms with Gasteiger partial charge in [-0.2, -0.15) is 18.3 Å². The minimum atomic E-state index is -4.13. The number of morpholine rings is 1. The van der Waals surface area contributed by atoms with Crippen LogP contribution in [0.4, 0.5) is 18.0 Å². The smallest absolute Gasteiger partial charge is 0.409 e. The quantitative estimate of drug-likeness (QED) is 0.632. The molecule has 1 aliphatic carbocycles. The summed E-state index contributed by atoms with van der Waals surface area (Å²) >= 11 is 0. The molecule has 3 heterocycles. The van der Waals surface area contributed by atoms with Crippen LogP contribution in [0, 0.1) is 18.8 Å². The van der Waals surface area contributed by atoms with E-state index in [9.17, 15) is 18.0 Å².